The molecule has 0 bridgehead atoms. The van der Waals surface area contributed by atoms with E-state index in [-0.39, 0.29) is 17.9 Å². The monoisotopic (exact) mass is 332 g/mol. The first-order chi connectivity index (χ1) is 11.2. The van der Waals surface area contributed by atoms with Gasteiger partial charge in [-0.15, -0.1) is 0 Å². The third-order valence-corrected chi connectivity index (χ3v) is 5.13. The van der Waals surface area contributed by atoms with E-state index in [0.717, 1.165) is 18.7 Å². The van der Waals surface area contributed by atoms with Gasteiger partial charge in [-0.25, -0.2) is 0 Å². The first kappa shape index (κ1) is 18.9. The maximum Gasteiger partial charge on any atom is 0.223 e. The fraction of sp³-hybridized carbons (Fsp3) is 0.650. The predicted octanol–water partition coefficient (Wildman–Crippen LogP) is 2.91. The standard InChI is InChI=1S/C20H32N2O2/c1-16-9-8-12-22(14-16)19(2,3)15-21-18(23)13-20(4,24)17-10-6-5-7-11-17/h5-7,10-11,16,24H,8-9,12-15H2,1-4H3,(H,21,23). The smallest absolute Gasteiger partial charge is 0.223 e. The molecule has 4 heteroatoms. The van der Waals surface area contributed by atoms with E-state index in [4.69, 9.17) is 0 Å². The molecule has 1 aromatic carbocycles. The van der Waals surface area contributed by atoms with Gasteiger partial charge in [0, 0.05) is 18.6 Å². The first-order valence-corrected chi connectivity index (χ1v) is 9.00. The van der Waals surface area contributed by atoms with Gasteiger partial charge < -0.3 is 10.4 Å². The molecule has 1 aromatic rings. The van der Waals surface area contributed by atoms with E-state index in [1.807, 2.05) is 30.3 Å². The Morgan fingerprint density at radius 1 is 1.29 bits per heavy atom. The molecular weight excluding hydrogens is 300 g/mol. The van der Waals surface area contributed by atoms with Gasteiger partial charge >= 0.3 is 0 Å². The summed E-state index contributed by atoms with van der Waals surface area (Å²) in [6, 6.07) is 9.37. The van der Waals surface area contributed by atoms with Crippen LogP contribution in [0.25, 0.3) is 0 Å². The van der Waals surface area contributed by atoms with Crippen LogP contribution in [0.5, 0.6) is 0 Å². The van der Waals surface area contributed by atoms with E-state index in [9.17, 15) is 9.90 Å². The second-order valence-electron chi connectivity index (χ2n) is 8.10. The van der Waals surface area contributed by atoms with Gasteiger partial charge in [0.2, 0.25) is 5.91 Å². The number of likely N-dealkylation sites (tertiary alicyclic amines) is 1. The number of aliphatic hydroxyl groups is 1. The molecule has 0 radical (unpaired) electrons. The molecule has 24 heavy (non-hydrogen) atoms. The fourth-order valence-corrected chi connectivity index (χ4v) is 3.44. The van der Waals surface area contributed by atoms with Crippen LogP contribution in [0, 0.1) is 5.92 Å². The van der Waals surface area contributed by atoms with Crippen LogP contribution in [0.2, 0.25) is 0 Å². The largest absolute Gasteiger partial charge is 0.385 e. The van der Waals surface area contributed by atoms with Crippen LogP contribution in [0.3, 0.4) is 0 Å². The topological polar surface area (TPSA) is 52.6 Å². The quantitative estimate of drug-likeness (QED) is 0.842. The SMILES string of the molecule is CC1CCCN(C(C)(C)CNC(=O)CC(C)(O)c2ccccc2)C1. The van der Waals surface area contributed by atoms with Gasteiger partial charge in [-0.05, 0) is 51.6 Å². The molecule has 2 unspecified atom stereocenters. The highest BCUT2D eigenvalue weighted by atomic mass is 16.3. The number of amides is 1. The average Bonchev–Trinajstić information content (AvgIpc) is 2.53. The van der Waals surface area contributed by atoms with Crippen LogP contribution in [0.1, 0.15) is 52.5 Å². The van der Waals surface area contributed by atoms with Crippen LogP contribution in [-0.4, -0.2) is 41.1 Å². The zero-order chi connectivity index (χ0) is 17.8. The number of carbonyl (C=O) groups excluding carboxylic acids is 1. The summed E-state index contributed by atoms with van der Waals surface area (Å²) in [5, 5.41) is 13.6. The van der Waals surface area contributed by atoms with Crippen LogP contribution < -0.4 is 5.32 Å². The second kappa shape index (κ2) is 7.66. The van der Waals surface area contributed by atoms with Crippen molar-refractivity contribution in [2.24, 2.45) is 5.92 Å². The lowest BCUT2D eigenvalue weighted by Gasteiger charge is -2.43. The second-order valence-corrected chi connectivity index (χ2v) is 8.10. The number of piperidine rings is 1. The minimum atomic E-state index is -1.14. The van der Waals surface area contributed by atoms with Crippen molar-refractivity contribution in [1.82, 2.24) is 10.2 Å². The van der Waals surface area contributed by atoms with Crippen LogP contribution in [-0.2, 0) is 10.4 Å². The van der Waals surface area contributed by atoms with Crippen molar-refractivity contribution in [3.8, 4) is 0 Å². The van der Waals surface area contributed by atoms with E-state index in [0.29, 0.717) is 12.5 Å². The van der Waals surface area contributed by atoms with Crippen LogP contribution in [0.4, 0.5) is 0 Å². The number of carbonyl (C=O) groups is 1. The fourth-order valence-electron chi connectivity index (χ4n) is 3.44. The van der Waals surface area contributed by atoms with Crippen molar-refractivity contribution in [3.63, 3.8) is 0 Å². The molecule has 1 fully saturated rings. The summed E-state index contributed by atoms with van der Waals surface area (Å²) in [5.74, 6) is 0.606. The lowest BCUT2D eigenvalue weighted by atomic mass is 9.91. The highest BCUT2D eigenvalue weighted by Gasteiger charge is 2.32. The van der Waals surface area contributed by atoms with Gasteiger partial charge in [0.25, 0.3) is 0 Å². The number of hydrogen-bond acceptors (Lipinski definition) is 3. The Morgan fingerprint density at radius 2 is 1.96 bits per heavy atom. The van der Waals surface area contributed by atoms with Gasteiger partial charge in [-0.1, -0.05) is 37.3 Å². The van der Waals surface area contributed by atoms with Crippen LogP contribution >= 0.6 is 0 Å². The molecule has 4 nitrogen and oxygen atoms in total. The van der Waals surface area contributed by atoms with E-state index >= 15 is 0 Å². The highest BCUT2D eigenvalue weighted by Crippen LogP contribution is 2.25. The normalized spacial score (nSPS) is 22.0. The van der Waals surface area contributed by atoms with Gasteiger partial charge in [-0.3, -0.25) is 9.69 Å². The molecule has 1 amide bonds. The summed E-state index contributed by atoms with van der Waals surface area (Å²) >= 11 is 0. The number of nitrogens with zero attached hydrogens (tertiary/aromatic N) is 1. The molecule has 1 aliphatic rings. The predicted molar refractivity (Wildman–Crippen MR) is 97.7 cm³/mol. The minimum Gasteiger partial charge on any atom is -0.385 e. The molecule has 134 valence electrons. The van der Waals surface area contributed by atoms with Gasteiger partial charge in [-0.2, -0.15) is 0 Å². The Balaban J connectivity index is 1.88. The Morgan fingerprint density at radius 3 is 2.58 bits per heavy atom. The molecule has 2 rings (SSSR count). The van der Waals surface area contributed by atoms with E-state index in [1.54, 1.807) is 6.92 Å². The molecule has 0 saturated carbocycles. The number of rotatable bonds is 6. The van der Waals surface area contributed by atoms with E-state index in [1.165, 1.54) is 12.8 Å². The Bertz CT molecular complexity index is 540. The molecule has 0 spiro atoms. The summed E-state index contributed by atoms with van der Waals surface area (Å²) in [4.78, 5) is 14.8. The third-order valence-electron chi connectivity index (χ3n) is 5.13. The van der Waals surface area contributed by atoms with Crippen molar-refractivity contribution in [2.45, 2.75) is 58.1 Å². The molecule has 1 saturated heterocycles. The molecule has 0 aromatic heterocycles. The lowest BCUT2D eigenvalue weighted by molar-refractivity contribution is -0.126. The molecule has 1 heterocycles. The van der Waals surface area contributed by atoms with Gasteiger partial charge in [0.15, 0.2) is 0 Å². The highest BCUT2D eigenvalue weighted by molar-refractivity contribution is 5.77. The Labute approximate surface area is 146 Å². The lowest BCUT2D eigenvalue weighted by Crippen LogP contribution is -2.55. The molecular formula is C20H32N2O2. The Hall–Kier alpha value is -1.39. The van der Waals surface area contributed by atoms with Crippen molar-refractivity contribution in [1.29, 1.82) is 0 Å². The molecule has 1 aliphatic heterocycles. The number of hydrogen-bond donors (Lipinski definition) is 2. The van der Waals surface area contributed by atoms with Crippen molar-refractivity contribution >= 4 is 5.91 Å². The maximum absolute atomic E-state index is 12.3. The summed E-state index contributed by atoms with van der Waals surface area (Å²) in [7, 11) is 0. The van der Waals surface area contributed by atoms with Gasteiger partial charge in [0.1, 0.15) is 0 Å². The maximum atomic E-state index is 12.3. The summed E-state index contributed by atoms with van der Waals surface area (Å²) < 4.78 is 0. The van der Waals surface area contributed by atoms with Crippen molar-refractivity contribution < 1.29 is 9.90 Å². The van der Waals surface area contributed by atoms with Gasteiger partial charge in [0.05, 0.1) is 12.0 Å². The average molecular weight is 332 g/mol. The van der Waals surface area contributed by atoms with E-state index in [2.05, 4.69) is 31.0 Å². The molecule has 2 N–H and O–H groups in total. The summed E-state index contributed by atoms with van der Waals surface area (Å²) in [6.07, 6.45) is 2.59. The molecule has 2 atom stereocenters. The van der Waals surface area contributed by atoms with Crippen molar-refractivity contribution in [2.75, 3.05) is 19.6 Å². The zero-order valence-corrected chi connectivity index (χ0v) is 15.5. The number of nitrogens with one attached hydrogen (secondary N) is 1. The number of benzene rings is 1. The summed E-state index contributed by atoms with van der Waals surface area (Å²) in [5.41, 5.74) is -0.442. The third kappa shape index (κ3) is 5.05. The zero-order valence-electron chi connectivity index (χ0n) is 15.5. The van der Waals surface area contributed by atoms with E-state index < -0.39 is 5.60 Å². The Kier molecular flexibility index (Phi) is 6.05. The minimum absolute atomic E-state index is 0.0665. The molecule has 0 aliphatic carbocycles. The summed E-state index contributed by atoms with van der Waals surface area (Å²) in [6.45, 7) is 11.1. The van der Waals surface area contributed by atoms with Crippen LogP contribution in [0.15, 0.2) is 30.3 Å². The van der Waals surface area contributed by atoms with Crippen molar-refractivity contribution in [3.05, 3.63) is 35.9 Å². The first-order valence-electron chi connectivity index (χ1n) is 9.00.